The van der Waals surface area contributed by atoms with Gasteiger partial charge in [0, 0.05) is 24.3 Å². The van der Waals surface area contributed by atoms with Crippen molar-refractivity contribution in [2.45, 2.75) is 77.9 Å². The molecular formula is C21H35NO3. The maximum absolute atomic E-state index is 12.5. The van der Waals surface area contributed by atoms with E-state index >= 15 is 0 Å². The molecule has 0 spiro atoms. The van der Waals surface area contributed by atoms with E-state index in [1.54, 1.807) is 0 Å². The minimum Gasteiger partial charge on any atom is -0.461 e. The van der Waals surface area contributed by atoms with Crippen molar-refractivity contribution in [3.05, 3.63) is 11.6 Å². The predicted octanol–water partition coefficient (Wildman–Crippen LogP) is 3.44. The van der Waals surface area contributed by atoms with Gasteiger partial charge in [0.2, 0.25) is 0 Å². The molecule has 1 heterocycles. The zero-order valence-electron chi connectivity index (χ0n) is 16.1. The van der Waals surface area contributed by atoms with Crippen molar-refractivity contribution < 1.29 is 14.6 Å². The molecule has 2 fully saturated rings. The predicted molar refractivity (Wildman–Crippen MR) is 99.1 cm³/mol. The van der Waals surface area contributed by atoms with E-state index in [4.69, 9.17) is 4.74 Å². The van der Waals surface area contributed by atoms with Gasteiger partial charge in [-0.05, 0) is 31.7 Å². The van der Waals surface area contributed by atoms with E-state index in [2.05, 4.69) is 32.2 Å². The number of unbranched alkanes of at least 4 members (excludes halogenated alkanes) is 3. The Labute approximate surface area is 152 Å². The van der Waals surface area contributed by atoms with Gasteiger partial charge in [-0.15, -0.1) is 0 Å². The smallest absolute Gasteiger partial charge is 0.311 e. The Morgan fingerprint density at radius 3 is 2.92 bits per heavy atom. The summed E-state index contributed by atoms with van der Waals surface area (Å²) in [5.41, 5.74) is 1.10. The van der Waals surface area contributed by atoms with Gasteiger partial charge in [-0.1, -0.05) is 51.7 Å². The molecule has 0 aromatic heterocycles. The van der Waals surface area contributed by atoms with Gasteiger partial charge in [0.05, 0.1) is 12.0 Å². The first-order chi connectivity index (χ1) is 12.0. The van der Waals surface area contributed by atoms with Crippen LogP contribution in [0.1, 0.15) is 65.7 Å². The second kappa shape index (κ2) is 7.79. The van der Waals surface area contributed by atoms with Crippen LogP contribution in [0.25, 0.3) is 0 Å². The number of aliphatic hydroxyl groups excluding tert-OH is 1. The first-order valence-corrected chi connectivity index (χ1v) is 10.3. The summed E-state index contributed by atoms with van der Waals surface area (Å²) in [4.78, 5) is 12.5. The van der Waals surface area contributed by atoms with Gasteiger partial charge < -0.3 is 15.2 Å². The molecule has 1 saturated heterocycles. The first-order valence-electron chi connectivity index (χ1n) is 10.3. The van der Waals surface area contributed by atoms with Gasteiger partial charge in [-0.2, -0.15) is 0 Å². The van der Waals surface area contributed by atoms with Gasteiger partial charge in [0.1, 0.15) is 6.10 Å². The number of allylic oxidation sites excluding steroid dienone is 1. The van der Waals surface area contributed by atoms with Gasteiger partial charge in [-0.25, -0.2) is 0 Å². The lowest BCUT2D eigenvalue weighted by molar-refractivity contribution is -0.144. The number of carbonyl (C=O) groups is 1. The molecule has 0 amide bonds. The second-order valence-corrected chi connectivity index (χ2v) is 8.56. The zero-order valence-corrected chi connectivity index (χ0v) is 16.1. The Balaban J connectivity index is 1.66. The third-order valence-electron chi connectivity index (χ3n) is 7.14. The number of carbonyl (C=O) groups excluding carboxylic acids is 1. The summed E-state index contributed by atoms with van der Waals surface area (Å²) in [6.45, 7) is 8.22. The largest absolute Gasteiger partial charge is 0.461 e. The number of hydrogen-bond donors (Lipinski definition) is 2. The van der Waals surface area contributed by atoms with E-state index in [0.717, 1.165) is 32.2 Å². The van der Waals surface area contributed by atoms with Crippen LogP contribution >= 0.6 is 0 Å². The molecule has 6 unspecified atom stereocenters. The summed E-state index contributed by atoms with van der Waals surface area (Å²) in [6.07, 6.45) is 9.53. The van der Waals surface area contributed by atoms with E-state index in [0.29, 0.717) is 12.5 Å². The monoisotopic (exact) mass is 349 g/mol. The Morgan fingerprint density at radius 2 is 2.16 bits per heavy atom. The van der Waals surface area contributed by atoms with Crippen molar-refractivity contribution in [3.8, 4) is 0 Å². The molecule has 3 aliphatic rings. The molecule has 4 heteroatoms. The van der Waals surface area contributed by atoms with Crippen LogP contribution in [-0.2, 0) is 9.53 Å². The van der Waals surface area contributed by atoms with E-state index < -0.39 is 6.10 Å². The van der Waals surface area contributed by atoms with Crippen molar-refractivity contribution in [2.24, 2.45) is 23.2 Å². The Hall–Kier alpha value is -0.870. The zero-order chi connectivity index (χ0) is 18.0. The van der Waals surface area contributed by atoms with Crippen molar-refractivity contribution in [2.75, 3.05) is 13.1 Å². The third kappa shape index (κ3) is 3.40. The van der Waals surface area contributed by atoms with Gasteiger partial charge in [-0.3, -0.25) is 4.79 Å². The summed E-state index contributed by atoms with van der Waals surface area (Å²) in [6, 6.07) is 0. The van der Waals surface area contributed by atoms with Crippen LogP contribution in [0.5, 0.6) is 0 Å². The topological polar surface area (TPSA) is 58.6 Å². The average Bonchev–Trinajstić information content (AvgIpc) is 2.89. The first kappa shape index (κ1) is 18.9. The minimum atomic E-state index is -0.494. The number of aliphatic hydroxyl groups is 1. The fourth-order valence-corrected chi connectivity index (χ4v) is 5.23. The molecule has 1 saturated carbocycles. The fourth-order valence-electron chi connectivity index (χ4n) is 5.23. The highest BCUT2D eigenvalue weighted by atomic mass is 16.6. The van der Waals surface area contributed by atoms with Crippen LogP contribution in [-0.4, -0.2) is 36.4 Å². The molecule has 3 rings (SSSR count). The number of ether oxygens (including phenoxy) is 1. The third-order valence-corrected chi connectivity index (χ3v) is 7.14. The highest BCUT2D eigenvalue weighted by Gasteiger charge is 2.59. The number of rotatable bonds is 7. The van der Waals surface area contributed by atoms with Crippen molar-refractivity contribution in [1.82, 2.24) is 5.32 Å². The maximum atomic E-state index is 12.5. The molecule has 1 aliphatic heterocycles. The van der Waals surface area contributed by atoms with Crippen LogP contribution in [0.3, 0.4) is 0 Å². The molecule has 6 atom stereocenters. The molecule has 0 aromatic rings. The van der Waals surface area contributed by atoms with E-state index in [1.807, 2.05) is 0 Å². The summed E-state index contributed by atoms with van der Waals surface area (Å²) in [5, 5.41) is 14.7. The number of hydrogen-bond acceptors (Lipinski definition) is 4. The minimum absolute atomic E-state index is 0.0710. The van der Waals surface area contributed by atoms with Crippen LogP contribution in [0.2, 0.25) is 0 Å². The SMILES string of the molecule is CCCCCCNCC1C(=O)OC2CC3=CCCC(C)C3(C)C(O)C21. The summed E-state index contributed by atoms with van der Waals surface area (Å²) < 4.78 is 5.69. The average molecular weight is 350 g/mol. The molecule has 4 nitrogen and oxygen atoms in total. The Morgan fingerprint density at radius 1 is 1.36 bits per heavy atom. The lowest BCUT2D eigenvalue weighted by atomic mass is 9.55. The number of fused-ring (bicyclic) bond motifs is 2. The number of esters is 1. The molecule has 0 aromatic carbocycles. The van der Waals surface area contributed by atoms with Crippen LogP contribution < -0.4 is 5.32 Å². The summed E-state index contributed by atoms with van der Waals surface area (Å²) >= 11 is 0. The number of nitrogens with one attached hydrogen (secondary N) is 1. The van der Waals surface area contributed by atoms with E-state index in [9.17, 15) is 9.90 Å². The van der Waals surface area contributed by atoms with E-state index in [1.165, 1.54) is 24.8 Å². The highest BCUT2D eigenvalue weighted by molar-refractivity contribution is 5.76. The van der Waals surface area contributed by atoms with E-state index in [-0.39, 0.29) is 29.3 Å². The molecule has 0 bridgehead atoms. The molecule has 2 aliphatic carbocycles. The normalized spacial score (nSPS) is 40.2. The van der Waals surface area contributed by atoms with Gasteiger partial charge in [0.15, 0.2) is 0 Å². The van der Waals surface area contributed by atoms with Crippen molar-refractivity contribution >= 4 is 5.97 Å². The second-order valence-electron chi connectivity index (χ2n) is 8.56. The van der Waals surface area contributed by atoms with Crippen LogP contribution in [0.4, 0.5) is 0 Å². The lowest BCUT2D eigenvalue weighted by Gasteiger charge is -2.51. The summed E-state index contributed by atoms with van der Waals surface area (Å²) in [7, 11) is 0. The van der Waals surface area contributed by atoms with Crippen LogP contribution in [0.15, 0.2) is 11.6 Å². The fraction of sp³-hybridized carbons (Fsp3) is 0.857. The van der Waals surface area contributed by atoms with Crippen molar-refractivity contribution in [3.63, 3.8) is 0 Å². The molecule has 142 valence electrons. The molecular weight excluding hydrogens is 314 g/mol. The Kier molecular flexibility index (Phi) is 5.89. The Bertz CT molecular complexity index is 517. The highest BCUT2D eigenvalue weighted by Crippen LogP contribution is 2.55. The van der Waals surface area contributed by atoms with Crippen molar-refractivity contribution in [1.29, 1.82) is 0 Å². The lowest BCUT2D eigenvalue weighted by Crippen LogP contribution is -2.54. The molecule has 25 heavy (non-hydrogen) atoms. The summed E-state index contributed by atoms with van der Waals surface area (Å²) in [5.74, 6) is 0.0458. The van der Waals surface area contributed by atoms with Gasteiger partial charge >= 0.3 is 5.97 Å². The van der Waals surface area contributed by atoms with Gasteiger partial charge in [0.25, 0.3) is 0 Å². The maximum Gasteiger partial charge on any atom is 0.311 e. The van der Waals surface area contributed by atoms with Crippen LogP contribution in [0, 0.1) is 23.2 Å². The molecule has 0 radical (unpaired) electrons. The molecule has 2 N–H and O–H groups in total. The quantitative estimate of drug-likeness (QED) is 0.420. The standard InChI is InChI=1S/C21H35NO3/c1-4-5-6-7-11-22-13-16-18-17(25-20(16)24)12-15-10-8-9-14(2)21(15,3)19(18)23/h10,14,16-19,22-23H,4-9,11-13H2,1-3H3.